The number of hydrogen-bond donors (Lipinski definition) is 3. The maximum atomic E-state index is 13.1. The minimum absolute atomic E-state index is 0.0757. The maximum Gasteiger partial charge on any atom is 0.269 e. The predicted molar refractivity (Wildman–Crippen MR) is 131 cm³/mol. The van der Waals surface area contributed by atoms with E-state index in [1.807, 2.05) is 29.2 Å². The Morgan fingerprint density at radius 3 is 2.51 bits per heavy atom. The summed E-state index contributed by atoms with van der Waals surface area (Å²) in [6.07, 6.45) is 1.89. The molecule has 3 aromatic rings. The second-order valence-corrected chi connectivity index (χ2v) is 9.93. The van der Waals surface area contributed by atoms with Gasteiger partial charge < -0.3 is 4.90 Å². The number of nitrogens with zero attached hydrogens (tertiary/aromatic N) is 1. The molecule has 4 rings (SSSR count). The molecule has 1 aliphatic rings. The van der Waals surface area contributed by atoms with Gasteiger partial charge in [0.1, 0.15) is 5.82 Å². The fraction of sp³-hybridized carbons (Fsp3) is 0.200. The van der Waals surface area contributed by atoms with Crippen molar-refractivity contribution in [3.63, 3.8) is 0 Å². The number of anilines is 2. The van der Waals surface area contributed by atoms with Gasteiger partial charge in [-0.3, -0.25) is 25.2 Å². The van der Waals surface area contributed by atoms with Gasteiger partial charge in [0.05, 0.1) is 11.4 Å². The zero-order valence-corrected chi connectivity index (χ0v) is 19.9. The number of carbonyl (C=O) groups excluding carboxylic acids is 2. The molecule has 35 heavy (non-hydrogen) atoms. The molecule has 182 valence electrons. The van der Waals surface area contributed by atoms with Crippen LogP contribution in [0.15, 0.2) is 71.6 Å². The molecule has 0 spiro atoms. The number of rotatable bonds is 6. The Balaban J connectivity index is 1.41. The topological polar surface area (TPSA) is 108 Å². The molecule has 0 radical (unpaired) electrons. The smallest absolute Gasteiger partial charge is 0.269 e. The Morgan fingerprint density at radius 2 is 1.74 bits per heavy atom. The van der Waals surface area contributed by atoms with E-state index in [9.17, 15) is 22.4 Å². The third-order valence-electron chi connectivity index (χ3n) is 5.72. The van der Waals surface area contributed by atoms with Gasteiger partial charge in [0, 0.05) is 23.5 Å². The highest BCUT2D eigenvalue weighted by molar-refractivity contribution is 7.92. The lowest BCUT2D eigenvalue weighted by Crippen LogP contribution is -2.47. The average molecular weight is 497 g/mol. The van der Waals surface area contributed by atoms with Gasteiger partial charge in [0.2, 0.25) is 0 Å². The molecule has 1 aliphatic heterocycles. The van der Waals surface area contributed by atoms with E-state index in [2.05, 4.69) is 15.6 Å². The number of hydrazine groups is 1. The molecule has 0 saturated heterocycles. The molecule has 0 atom stereocenters. The van der Waals surface area contributed by atoms with Crippen LogP contribution in [0.4, 0.5) is 15.8 Å². The highest BCUT2D eigenvalue weighted by Gasteiger charge is 2.21. The monoisotopic (exact) mass is 496 g/mol. The van der Waals surface area contributed by atoms with Gasteiger partial charge in [0.15, 0.2) is 0 Å². The Bertz CT molecular complexity index is 1360. The van der Waals surface area contributed by atoms with Crippen molar-refractivity contribution >= 4 is 33.2 Å². The van der Waals surface area contributed by atoms with E-state index < -0.39 is 27.7 Å². The van der Waals surface area contributed by atoms with Crippen LogP contribution in [0.1, 0.15) is 27.9 Å². The van der Waals surface area contributed by atoms with Crippen LogP contribution in [0.5, 0.6) is 0 Å². The number of para-hydroxylation sites is 1. The fourth-order valence-electron chi connectivity index (χ4n) is 3.93. The normalized spacial score (nSPS) is 13.0. The number of carbonyl (C=O) groups is 2. The third-order valence-corrected chi connectivity index (χ3v) is 7.10. The van der Waals surface area contributed by atoms with Gasteiger partial charge in [-0.1, -0.05) is 24.3 Å². The Labute approximate surface area is 203 Å². The Kier molecular flexibility index (Phi) is 7.02. The molecule has 0 aromatic heterocycles. The van der Waals surface area contributed by atoms with E-state index in [0.717, 1.165) is 37.2 Å². The lowest BCUT2D eigenvalue weighted by molar-refractivity contribution is -0.120. The summed E-state index contributed by atoms with van der Waals surface area (Å²) in [5.41, 5.74) is 7.76. The summed E-state index contributed by atoms with van der Waals surface area (Å²) in [6.45, 7) is 2.47. The summed E-state index contributed by atoms with van der Waals surface area (Å²) in [5, 5.41) is 0. The number of aryl methyl sites for hydroxylation is 2. The van der Waals surface area contributed by atoms with Crippen LogP contribution in [0.25, 0.3) is 0 Å². The first-order valence-electron chi connectivity index (χ1n) is 11.0. The second-order valence-electron chi connectivity index (χ2n) is 8.25. The number of amides is 2. The van der Waals surface area contributed by atoms with E-state index in [1.54, 1.807) is 6.92 Å². The van der Waals surface area contributed by atoms with E-state index >= 15 is 0 Å². The quantitative estimate of drug-likeness (QED) is 0.455. The molecular weight excluding hydrogens is 471 g/mol. The van der Waals surface area contributed by atoms with Crippen LogP contribution in [-0.4, -0.2) is 33.3 Å². The van der Waals surface area contributed by atoms with Gasteiger partial charge in [-0.15, -0.1) is 0 Å². The van der Waals surface area contributed by atoms with Crippen LogP contribution in [0.3, 0.4) is 0 Å². The first-order chi connectivity index (χ1) is 16.7. The zero-order chi connectivity index (χ0) is 25.0. The largest absolute Gasteiger partial charge is 0.362 e. The SMILES string of the molecule is Cc1ccc(S(=O)(=O)Nc2ccc(F)cc2)cc1C(=O)NNC(=O)CN1CCCc2ccccc21. The Hall–Kier alpha value is -3.92. The summed E-state index contributed by atoms with van der Waals surface area (Å²) >= 11 is 0. The first kappa shape index (κ1) is 24.2. The number of hydrogen-bond acceptors (Lipinski definition) is 5. The van der Waals surface area contributed by atoms with Crippen molar-refractivity contribution in [1.82, 2.24) is 10.9 Å². The molecule has 2 amide bonds. The standard InChI is InChI=1S/C25H25FN4O4S/c1-17-8-13-21(35(33,34)29-20-11-9-19(26)10-12-20)15-22(17)25(32)28-27-24(31)16-30-14-4-6-18-5-2-3-7-23(18)30/h2-3,5,7-13,15,29H,4,6,14,16H2,1H3,(H,27,31)(H,28,32). The Morgan fingerprint density at radius 1 is 1.00 bits per heavy atom. The van der Waals surface area contributed by atoms with Gasteiger partial charge in [-0.05, 0) is 73.4 Å². The fourth-order valence-corrected chi connectivity index (χ4v) is 5.01. The highest BCUT2D eigenvalue weighted by atomic mass is 32.2. The van der Waals surface area contributed by atoms with Gasteiger partial charge in [0.25, 0.3) is 21.8 Å². The molecule has 10 heteroatoms. The van der Waals surface area contributed by atoms with Crippen LogP contribution in [0, 0.1) is 12.7 Å². The zero-order valence-electron chi connectivity index (χ0n) is 19.0. The van der Waals surface area contributed by atoms with E-state index in [0.29, 0.717) is 5.56 Å². The number of benzene rings is 3. The maximum absolute atomic E-state index is 13.1. The van der Waals surface area contributed by atoms with Crippen molar-refractivity contribution in [2.24, 2.45) is 0 Å². The molecule has 1 heterocycles. The lowest BCUT2D eigenvalue weighted by atomic mass is 10.0. The molecule has 8 nitrogen and oxygen atoms in total. The van der Waals surface area contributed by atoms with Crippen LogP contribution in [-0.2, 0) is 21.2 Å². The first-order valence-corrected chi connectivity index (χ1v) is 12.5. The van der Waals surface area contributed by atoms with E-state index in [4.69, 9.17) is 0 Å². The molecule has 0 fully saturated rings. The van der Waals surface area contributed by atoms with Crippen molar-refractivity contribution in [2.75, 3.05) is 22.7 Å². The molecular formula is C25H25FN4O4S. The van der Waals surface area contributed by atoms with Gasteiger partial charge in [-0.25, -0.2) is 12.8 Å². The second kappa shape index (κ2) is 10.1. The molecule has 3 N–H and O–H groups in total. The summed E-state index contributed by atoms with van der Waals surface area (Å²) < 4.78 is 40.9. The predicted octanol–water partition coefficient (Wildman–Crippen LogP) is 3.15. The van der Waals surface area contributed by atoms with E-state index in [1.165, 1.54) is 35.9 Å². The number of halogens is 1. The lowest BCUT2D eigenvalue weighted by Gasteiger charge is -2.30. The summed E-state index contributed by atoms with van der Waals surface area (Å²) in [6, 6.07) is 16.9. The van der Waals surface area contributed by atoms with Crippen LogP contribution < -0.4 is 20.5 Å². The minimum Gasteiger partial charge on any atom is -0.362 e. The third kappa shape index (κ3) is 5.78. The molecule has 0 bridgehead atoms. The van der Waals surface area contributed by atoms with Crippen molar-refractivity contribution < 1.29 is 22.4 Å². The highest BCUT2D eigenvalue weighted by Crippen LogP contribution is 2.26. The summed E-state index contributed by atoms with van der Waals surface area (Å²) in [4.78, 5) is 27.0. The number of sulfonamides is 1. The van der Waals surface area contributed by atoms with E-state index in [-0.39, 0.29) is 22.7 Å². The molecule has 0 unspecified atom stereocenters. The van der Waals surface area contributed by atoms with Crippen molar-refractivity contribution in [2.45, 2.75) is 24.7 Å². The molecule has 3 aromatic carbocycles. The summed E-state index contributed by atoms with van der Waals surface area (Å²) in [5.74, 6) is -1.53. The van der Waals surface area contributed by atoms with Gasteiger partial charge in [-0.2, -0.15) is 0 Å². The van der Waals surface area contributed by atoms with Crippen molar-refractivity contribution in [3.8, 4) is 0 Å². The summed E-state index contributed by atoms with van der Waals surface area (Å²) in [7, 11) is -4.02. The van der Waals surface area contributed by atoms with Crippen molar-refractivity contribution in [1.29, 1.82) is 0 Å². The average Bonchev–Trinajstić information content (AvgIpc) is 2.84. The van der Waals surface area contributed by atoms with Crippen LogP contribution in [0.2, 0.25) is 0 Å². The van der Waals surface area contributed by atoms with Crippen molar-refractivity contribution in [3.05, 3.63) is 89.2 Å². The number of fused-ring (bicyclic) bond motifs is 1. The number of nitrogens with one attached hydrogen (secondary N) is 3. The van der Waals surface area contributed by atoms with Crippen LogP contribution >= 0.6 is 0 Å². The minimum atomic E-state index is -4.02. The molecule has 0 saturated carbocycles. The molecule has 0 aliphatic carbocycles. The van der Waals surface area contributed by atoms with Gasteiger partial charge >= 0.3 is 0 Å².